The smallest absolute Gasteiger partial charge is 0.413 e. The van der Waals surface area contributed by atoms with Crippen LogP contribution in [0, 0.1) is 0 Å². The lowest BCUT2D eigenvalue weighted by atomic mass is 10.0. The molecule has 11 heteroatoms. The van der Waals surface area contributed by atoms with Gasteiger partial charge in [0.25, 0.3) is 0 Å². The molecule has 0 radical (unpaired) electrons. The Kier molecular flexibility index (Phi) is 9.48. The average Bonchev–Trinajstić information content (AvgIpc) is 2.74. The fourth-order valence-electron chi connectivity index (χ4n) is 2.84. The van der Waals surface area contributed by atoms with Crippen LogP contribution < -0.4 is 4.18 Å². The van der Waals surface area contributed by atoms with Crippen molar-refractivity contribution in [2.75, 3.05) is 0 Å². The summed E-state index contributed by atoms with van der Waals surface area (Å²) in [4.78, 5) is 0. The third-order valence-electron chi connectivity index (χ3n) is 7.64. The number of rotatable bonds is 9. The molecular formula is C27H41F3O5SSi2. The van der Waals surface area contributed by atoms with Gasteiger partial charge in [0.2, 0.25) is 0 Å². The Labute approximate surface area is 228 Å². The van der Waals surface area contributed by atoms with Crippen molar-refractivity contribution >= 4 is 26.8 Å². The van der Waals surface area contributed by atoms with Crippen LogP contribution in [0.4, 0.5) is 13.2 Å². The van der Waals surface area contributed by atoms with E-state index in [1.807, 2.05) is 58.1 Å². The lowest BCUT2D eigenvalue weighted by Crippen LogP contribution is -2.40. The van der Waals surface area contributed by atoms with Gasteiger partial charge >= 0.3 is 15.6 Å². The first-order valence-corrected chi connectivity index (χ1v) is 19.7. The Balaban J connectivity index is 2.37. The standard InChI is InChI=1S/C27H41F3O5SSi2/c1-25(2,3)37(7,8)33-18-20-11-13-21(14-12-20)22-15-16-23(19-34-38(9,10)26(4,5)6)24(17-22)35-36(31,32)27(28,29)30/h11-17H,18-19H2,1-10H3. The van der Waals surface area contributed by atoms with Gasteiger partial charge in [-0.2, -0.15) is 21.6 Å². The maximum atomic E-state index is 13.1. The van der Waals surface area contributed by atoms with E-state index in [0.717, 1.165) is 5.56 Å². The first kappa shape index (κ1) is 32.5. The quantitative estimate of drug-likeness (QED) is 0.166. The summed E-state index contributed by atoms with van der Waals surface area (Å²) in [5.41, 5.74) is -3.13. The van der Waals surface area contributed by atoms with Crippen LogP contribution in [0.2, 0.25) is 36.3 Å². The lowest BCUT2D eigenvalue weighted by molar-refractivity contribution is -0.0500. The summed E-state index contributed by atoms with van der Waals surface area (Å²) in [6, 6.07) is 12.0. The van der Waals surface area contributed by atoms with Crippen LogP contribution in [0.1, 0.15) is 52.7 Å². The van der Waals surface area contributed by atoms with Crippen LogP contribution in [0.5, 0.6) is 5.75 Å². The number of hydrogen-bond donors (Lipinski definition) is 0. The lowest BCUT2D eigenvalue weighted by Gasteiger charge is -2.36. The number of halogens is 3. The highest BCUT2D eigenvalue weighted by molar-refractivity contribution is 7.88. The molecule has 0 amide bonds. The van der Waals surface area contributed by atoms with Crippen molar-refractivity contribution in [1.29, 1.82) is 0 Å². The van der Waals surface area contributed by atoms with E-state index in [1.54, 1.807) is 12.1 Å². The molecule has 0 bridgehead atoms. The van der Waals surface area contributed by atoms with Gasteiger partial charge in [-0.3, -0.25) is 0 Å². The van der Waals surface area contributed by atoms with Gasteiger partial charge in [0.05, 0.1) is 13.2 Å². The van der Waals surface area contributed by atoms with E-state index in [1.165, 1.54) is 6.07 Å². The third-order valence-corrected chi connectivity index (χ3v) is 17.6. The van der Waals surface area contributed by atoms with E-state index in [-0.39, 0.29) is 22.2 Å². The molecule has 0 aromatic heterocycles. The first-order chi connectivity index (χ1) is 17.0. The SMILES string of the molecule is CC(C)(C)[Si](C)(C)OCc1ccc(-c2ccc(CO[Si](C)(C)C(C)(C)C)c(OS(=O)(=O)C(F)(F)F)c2)cc1. The maximum absolute atomic E-state index is 13.1. The van der Waals surface area contributed by atoms with Crippen molar-refractivity contribution in [2.24, 2.45) is 0 Å². The minimum absolute atomic E-state index is 0.0663. The topological polar surface area (TPSA) is 61.8 Å². The Bertz CT molecular complexity index is 1210. The van der Waals surface area contributed by atoms with Gasteiger partial charge in [0, 0.05) is 5.56 Å². The van der Waals surface area contributed by atoms with Gasteiger partial charge < -0.3 is 13.0 Å². The van der Waals surface area contributed by atoms with Gasteiger partial charge in [-0.1, -0.05) is 77.9 Å². The largest absolute Gasteiger partial charge is 0.534 e. The van der Waals surface area contributed by atoms with Crippen molar-refractivity contribution in [3.8, 4) is 16.9 Å². The number of alkyl halides is 3. The molecule has 0 aliphatic rings. The highest BCUT2D eigenvalue weighted by atomic mass is 32.2. The van der Waals surface area contributed by atoms with E-state index in [4.69, 9.17) is 8.85 Å². The molecule has 2 aromatic carbocycles. The molecule has 0 N–H and O–H groups in total. The summed E-state index contributed by atoms with van der Waals surface area (Å²) in [5.74, 6) is -0.399. The second-order valence-electron chi connectivity index (χ2n) is 12.6. The average molecular weight is 591 g/mol. The van der Waals surface area contributed by atoms with E-state index in [9.17, 15) is 21.6 Å². The van der Waals surface area contributed by atoms with Crippen LogP contribution in [-0.2, 0) is 32.2 Å². The van der Waals surface area contributed by atoms with Crippen molar-refractivity contribution < 1.29 is 34.6 Å². The van der Waals surface area contributed by atoms with Gasteiger partial charge in [0.1, 0.15) is 5.75 Å². The summed E-state index contributed by atoms with van der Waals surface area (Å²) in [7, 11) is -10.0. The fourth-order valence-corrected chi connectivity index (χ4v) is 5.24. The Hall–Kier alpha value is -1.67. The molecule has 0 atom stereocenters. The molecule has 0 aliphatic carbocycles. The maximum Gasteiger partial charge on any atom is 0.534 e. The second kappa shape index (κ2) is 11.1. The molecule has 0 aliphatic heterocycles. The van der Waals surface area contributed by atoms with Gasteiger partial charge in [-0.25, -0.2) is 0 Å². The summed E-state index contributed by atoms with van der Waals surface area (Å²) >= 11 is 0. The molecule has 0 unspecified atom stereocenters. The molecule has 0 saturated carbocycles. The van der Waals surface area contributed by atoms with E-state index in [0.29, 0.717) is 17.7 Å². The molecular weight excluding hydrogens is 550 g/mol. The van der Waals surface area contributed by atoms with Gasteiger partial charge in [-0.15, -0.1) is 0 Å². The van der Waals surface area contributed by atoms with Crippen LogP contribution >= 0.6 is 0 Å². The molecule has 5 nitrogen and oxygen atoms in total. The van der Waals surface area contributed by atoms with E-state index < -0.39 is 38.0 Å². The van der Waals surface area contributed by atoms with Gasteiger partial charge in [-0.05, 0) is 59.0 Å². The minimum atomic E-state index is -5.85. The summed E-state index contributed by atoms with van der Waals surface area (Å²) in [6.07, 6.45) is 0. The number of benzene rings is 2. The first-order valence-electron chi connectivity index (χ1n) is 12.5. The molecule has 2 rings (SSSR count). The van der Waals surface area contributed by atoms with Gasteiger partial charge in [0.15, 0.2) is 16.6 Å². The molecule has 214 valence electrons. The zero-order valence-corrected chi connectivity index (χ0v) is 26.9. The normalized spacial score (nSPS) is 14.0. The summed E-state index contributed by atoms with van der Waals surface area (Å²) in [6.45, 7) is 21.4. The van der Waals surface area contributed by atoms with E-state index >= 15 is 0 Å². The minimum Gasteiger partial charge on any atom is -0.413 e. The zero-order valence-electron chi connectivity index (χ0n) is 24.0. The Morgan fingerprint density at radius 3 is 1.61 bits per heavy atom. The van der Waals surface area contributed by atoms with Crippen molar-refractivity contribution in [1.82, 2.24) is 0 Å². The highest BCUT2D eigenvalue weighted by Crippen LogP contribution is 2.39. The molecule has 0 saturated heterocycles. The van der Waals surface area contributed by atoms with Crippen LogP contribution in [0.3, 0.4) is 0 Å². The molecule has 0 fully saturated rings. The molecule has 0 heterocycles. The predicted molar refractivity (Wildman–Crippen MR) is 151 cm³/mol. The predicted octanol–water partition coefficient (Wildman–Crippen LogP) is 8.63. The monoisotopic (exact) mass is 590 g/mol. The summed E-state index contributed by atoms with van der Waals surface area (Å²) < 4.78 is 80.1. The molecule has 38 heavy (non-hydrogen) atoms. The van der Waals surface area contributed by atoms with Crippen molar-refractivity contribution in [3.63, 3.8) is 0 Å². The number of hydrogen-bond acceptors (Lipinski definition) is 5. The van der Waals surface area contributed by atoms with Crippen LogP contribution in [0.15, 0.2) is 42.5 Å². The van der Waals surface area contributed by atoms with Crippen LogP contribution in [0.25, 0.3) is 11.1 Å². The van der Waals surface area contributed by atoms with Crippen LogP contribution in [-0.4, -0.2) is 30.6 Å². The third kappa shape index (κ3) is 7.94. The fraction of sp³-hybridized carbons (Fsp3) is 0.556. The Morgan fingerprint density at radius 2 is 1.16 bits per heavy atom. The van der Waals surface area contributed by atoms with E-state index in [2.05, 4.69) is 38.0 Å². The molecule has 2 aromatic rings. The Morgan fingerprint density at radius 1 is 0.711 bits per heavy atom. The zero-order chi connectivity index (χ0) is 29.4. The summed E-state index contributed by atoms with van der Waals surface area (Å²) in [5, 5.41) is -0.0574. The second-order valence-corrected chi connectivity index (χ2v) is 23.8. The van der Waals surface area contributed by atoms with Crippen molar-refractivity contribution in [3.05, 3.63) is 53.6 Å². The van der Waals surface area contributed by atoms with Crippen molar-refractivity contribution in [2.45, 2.75) is 96.5 Å². The highest BCUT2D eigenvalue weighted by Gasteiger charge is 2.49. The molecule has 0 spiro atoms.